The molecule has 0 spiro atoms. The number of rotatable bonds is 5. The van der Waals surface area contributed by atoms with Gasteiger partial charge in [0, 0.05) is 29.3 Å². The molecule has 3 aromatic rings. The average Bonchev–Trinajstić information content (AvgIpc) is 3.16. The molecule has 7 nitrogen and oxygen atoms in total. The van der Waals surface area contributed by atoms with Gasteiger partial charge in [0.25, 0.3) is 10.0 Å². The van der Waals surface area contributed by atoms with Crippen molar-refractivity contribution in [1.82, 2.24) is 18.9 Å². The molecule has 0 unspecified atom stereocenters. The van der Waals surface area contributed by atoms with E-state index in [9.17, 15) is 8.42 Å². The Morgan fingerprint density at radius 1 is 1.29 bits per heavy atom. The molecule has 2 heterocycles. The van der Waals surface area contributed by atoms with Gasteiger partial charge in [-0.05, 0) is 26.0 Å². The van der Waals surface area contributed by atoms with Crippen molar-refractivity contribution in [3.8, 4) is 11.4 Å². The van der Waals surface area contributed by atoms with Gasteiger partial charge in [-0.3, -0.25) is 4.72 Å². The van der Waals surface area contributed by atoms with Gasteiger partial charge in [0.2, 0.25) is 5.13 Å². The Balaban J connectivity index is 1.84. The van der Waals surface area contributed by atoms with Crippen molar-refractivity contribution in [2.75, 3.05) is 4.72 Å². The molecule has 0 amide bonds. The maximum Gasteiger partial charge on any atom is 0.282 e. The van der Waals surface area contributed by atoms with Crippen LogP contribution < -0.4 is 4.72 Å². The lowest BCUT2D eigenvalue weighted by atomic mass is 10.2. The van der Waals surface area contributed by atoms with Crippen LogP contribution in [0.25, 0.3) is 11.4 Å². The van der Waals surface area contributed by atoms with Crippen LogP contribution in [0.2, 0.25) is 5.02 Å². The quantitative estimate of drug-likeness (QED) is 0.728. The number of imidazole rings is 1. The Kier molecular flexibility index (Phi) is 4.57. The van der Waals surface area contributed by atoms with E-state index in [2.05, 4.69) is 19.1 Å². The number of sulfonamides is 1. The van der Waals surface area contributed by atoms with Gasteiger partial charge in [0.1, 0.15) is 0 Å². The molecule has 0 fully saturated rings. The number of nitrogens with zero attached hydrogens (tertiary/aromatic N) is 4. The molecule has 0 saturated carbocycles. The number of hydrogen-bond donors (Lipinski definition) is 1. The zero-order chi connectivity index (χ0) is 17.3. The van der Waals surface area contributed by atoms with Crippen LogP contribution in [0.15, 0.2) is 41.8 Å². The highest BCUT2D eigenvalue weighted by molar-refractivity contribution is 7.92. The summed E-state index contributed by atoms with van der Waals surface area (Å²) >= 11 is 7.05. The van der Waals surface area contributed by atoms with Crippen LogP contribution in [0.4, 0.5) is 5.13 Å². The second-order valence-corrected chi connectivity index (χ2v) is 8.05. The van der Waals surface area contributed by atoms with Crippen LogP contribution in [-0.2, 0) is 10.0 Å². The third kappa shape index (κ3) is 3.42. The van der Waals surface area contributed by atoms with Crippen molar-refractivity contribution >= 4 is 38.3 Å². The summed E-state index contributed by atoms with van der Waals surface area (Å²) in [5, 5.41) is 0.593. The maximum absolute atomic E-state index is 12.4. The van der Waals surface area contributed by atoms with Crippen molar-refractivity contribution in [2.45, 2.75) is 24.9 Å². The van der Waals surface area contributed by atoms with Gasteiger partial charge in [-0.25, -0.2) is 4.98 Å². The van der Waals surface area contributed by atoms with Crippen LogP contribution in [0.1, 0.15) is 19.9 Å². The topological polar surface area (TPSA) is 89.8 Å². The third-order valence-corrected chi connectivity index (χ3v) is 5.52. The Morgan fingerprint density at radius 3 is 2.71 bits per heavy atom. The Hall–Kier alpha value is -1.97. The van der Waals surface area contributed by atoms with Gasteiger partial charge < -0.3 is 4.57 Å². The minimum absolute atomic E-state index is 0.0642. The number of benzene rings is 1. The fourth-order valence-electron chi connectivity index (χ4n) is 1.92. The molecule has 24 heavy (non-hydrogen) atoms. The largest absolute Gasteiger partial charge is 0.334 e. The number of nitrogens with one attached hydrogen (secondary N) is 1. The summed E-state index contributed by atoms with van der Waals surface area (Å²) in [6.07, 6.45) is 2.96. The summed E-state index contributed by atoms with van der Waals surface area (Å²) in [6.45, 7) is 3.87. The number of halogens is 1. The highest BCUT2D eigenvalue weighted by Gasteiger charge is 2.20. The summed E-state index contributed by atoms with van der Waals surface area (Å²) in [7, 11) is -3.81. The smallest absolute Gasteiger partial charge is 0.282 e. The Bertz CT molecular complexity index is 965. The molecule has 3 rings (SSSR count). The molecule has 1 N–H and O–H groups in total. The monoisotopic (exact) mass is 383 g/mol. The van der Waals surface area contributed by atoms with Crippen LogP contribution >= 0.6 is 23.1 Å². The maximum atomic E-state index is 12.4. The second kappa shape index (κ2) is 6.50. The normalized spacial score (nSPS) is 11.8. The Morgan fingerprint density at radius 2 is 2.04 bits per heavy atom. The van der Waals surface area contributed by atoms with Crippen LogP contribution in [0.3, 0.4) is 0 Å². The first kappa shape index (κ1) is 16.9. The van der Waals surface area contributed by atoms with Crippen molar-refractivity contribution in [1.29, 1.82) is 0 Å². The SMILES string of the molecule is CC(C)n1cnc(S(=O)(=O)Nc2nc(-c3ccccc3Cl)ns2)c1. The van der Waals surface area contributed by atoms with Crippen molar-refractivity contribution in [2.24, 2.45) is 0 Å². The number of hydrogen-bond acceptors (Lipinski definition) is 6. The predicted octanol–water partition coefficient (Wildman–Crippen LogP) is 3.44. The van der Waals surface area contributed by atoms with Crippen LogP contribution in [0.5, 0.6) is 0 Å². The second-order valence-electron chi connectivity index (χ2n) is 5.26. The van der Waals surface area contributed by atoms with Crippen LogP contribution in [0, 0.1) is 0 Å². The Labute approximate surface area is 148 Å². The van der Waals surface area contributed by atoms with E-state index in [-0.39, 0.29) is 16.2 Å². The molecule has 1 aromatic carbocycles. The molecular weight excluding hydrogens is 370 g/mol. The van der Waals surface area contributed by atoms with Gasteiger partial charge in [-0.2, -0.15) is 17.8 Å². The van der Waals surface area contributed by atoms with E-state index < -0.39 is 10.0 Å². The summed E-state index contributed by atoms with van der Waals surface area (Å²) < 4.78 is 33.0. The number of aromatic nitrogens is 4. The molecule has 0 saturated heterocycles. The fourth-order valence-corrected chi connectivity index (χ4v) is 3.89. The molecule has 10 heteroatoms. The van der Waals surface area contributed by atoms with Gasteiger partial charge in [0.15, 0.2) is 10.9 Å². The van der Waals surface area contributed by atoms with E-state index in [1.54, 1.807) is 22.8 Å². The van der Waals surface area contributed by atoms with E-state index in [0.717, 1.165) is 11.5 Å². The summed E-state index contributed by atoms with van der Waals surface area (Å²) in [4.78, 5) is 8.12. The molecule has 0 aliphatic rings. The molecule has 0 aliphatic heterocycles. The zero-order valence-corrected chi connectivity index (χ0v) is 15.2. The molecular formula is C14H14ClN5O2S2. The lowest BCUT2D eigenvalue weighted by Crippen LogP contribution is -2.13. The average molecular weight is 384 g/mol. The summed E-state index contributed by atoms with van der Waals surface area (Å²) in [6, 6.07) is 7.22. The first-order valence-corrected chi connectivity index (χ1v) is 9.65. The minimum Gasteiger partial charge on any atom is -0.334 e. The van der Waals surface area contributed by atoms with E-state index in [1.807, 2.05) is 19.9 Å². The van der Waals surface area contributed by atoms with E-state index in [4.69, 9.17) is 11.6 Å². The molecule has 0 aliphatic carbocycles. The van der Waals surface area contributed by atoms with E-state index in [0.29, 0.717) is 16.4 Å². The molecule has 2 aromatic heterocycles. The third-order valence-electron chi connectivity index (χ3n) is 3.21. The first-order valence-electron chi connectivity index (χ1n) is 7.02. The molecule has 0 radical (unpaired) electrons. The lowest BCUT2D eigenvalue weighted by Gasteiger charge is -2.04. The van der Waals surface area contributed by atoms with E-state index >= 15 is 0 Å². The van der Waals surface area contributed by atoms with Crippen molar-refractivity contribution in [3.05, 3.63) is 41.8 Å². The lowest BCUT2D eigenvalue weighted by molar-refractivity contribution is 0.591. The zero-order valence-electron chi connectivity index (χ0n) is 12.8. The summed E-state index contributed by atoms with van der Waals surface area (Å²) in [5.41, 5.74) is 0.643. The predicted molar refractivity (Wildman–Crippen MR) is 93.8 cm³/mol. The van der Waals surface area contributed by atoms with Crippen molar-refractivity contribution < 1.29 is 8.42 Å². The van der Waals surface area contributed by atoms with Gasteiger partial charge in [0.05, 0.1) is 11.3 Å². The van der Waals surface area contributed by atoms with E-state index in [1.165, 1.54) is 12.5 Å². The minimum atomic E-state index is -3.81. The van der Waals surface area contributed by atoms with Gasteiger partial charge >= 0.3 is 0 Å². The first-order chi connectivity index (χ1) is 11.4. The molecule has 126 valence electrons. The fraction of sp³-hybridized carbons (Fsp3) is 0.214. The molecule has 0 bridgehead atoms. The van der Waals surface area contributed by atoms with Gasteiger partial charge in [-0.15, -0.1) is 0 Å². The van der Waals surface area contributed by atoms with Gasteiger partial charge in [-0.1, -0.05) is 23.7 Å². The highest BCUT2D eigenvalue weighted by Crippen LogP contribution is 2.28. The number of anilines is 1. The van der Waals surface area contributed by atoms with Crippen LogP contribution in [-0.4, -0.2) is 27.3 Å². The molecule has 0 atom stereocenters. The van der Waals surface area contributed by atoms with Crippen molar-refractivity contribution in [3.63, 3.8) is 0 Å². The standard InChI is InChI=1S/C14H14ClN5O2S2/c1-9(2)20-7-12(16-8-20)24(21,22)19-14-17-13(18-23-14)10-5-3-4-6-11(10)15/h3-9H,1-2H3,(H,17,18,19). The summed E-state index contributed by atoms with van der Waals surface area (Å²) in [5.74, 6) is 0.371. The highest BCUT2D eigenvalue weighted by atomic mass is 35.5.